The molecule has 1 aromatic rings. The number of rotatable bonds is 17. The molecule has 1 atom stereocenters. The molecule has 0 spiro atoms. The first kappa shape index (κ1) is 31.0. The van der Waals surface area contributed by atoms with Crippen LogP contribution in [0.25, 0.3) is 0 Å². The normalized spacial score (nSPS) is 12.5. The van der Waals surface area contributed by atoms with Crippen LogP contribution in [0.2, 0.25) is 0 Å². The van der Waals surface area contributed by atoms with Crippen molar-refractivity contribution in [2.24, 2.45) is 0 Å². The number of hydrogen-bond acceptors (Lipinski definition) is 6. The van der Waals surface area contributed by atoms with Crippen molar-refractivity contribution < 1.29 is 28.3 Å². The molecule has 0 saturated carbocycles. The van der Waals surface area contributed by atoms with Crippen molar-refractivity contribution in [3.05, 3.63) is 29.8 Å². The van der Waals surface area contributed by atoms with Gasteiger partial charge in [-0.2, -0.15) is 8.42 Å². The summed E-state index contributed by atoms with van der Waals surface area (Å²) in [6.45, 7) is 6.16. The fourth-order valence-corrected chi connectivity index (χ4v) is 4.11. The van der Waals surface area contributed by atoms with Gasteiger partial charge in [-0.15, -0.1) is 0 Å². The van der Waals surface area contributed by atoms with Gasteiger partial charge in [-0.1, -0.05) is 70.9 Å². The third kappa shape index (κ3) is 14.9. The predicted octanol–water partition coefficient (Wildman–Crippen LogP) is 3.83. The molecule has 0 bridgehead atoms. The molecule has 0 heterocycles. The van der Waals surface area contributed by atoms with Gasteiger partial charge in [0.05, 0.1) is 24.7 Å². The maximum absolute atomic E-state index is 11.1. The molecule has 1 unspecified atom stereocenters. The van der Waals surface area contributed by atoms with Gasteiger partial charge in [-0.25, -0.2) is 0 Å². The molecule has 1 aromatic carbocycles. The first-order chi connectivity index (χ1) is 15.3. The highest BCUT2D eigenvalue weighted by Gasteiger charge is 2.12. The highest BCUT2D eigenvalue weighted by Crippen LogP contribution is 2.27. The molecule has 0 fully saturated rings. The molecule has 188 valence electrons. The lowest BCUT2D eigenvalue weighted by Gasteiger charge is -2.17. The monoisotopic (exact) mass is 475 g/mol. The Morgan fingerprint density at radius 1 is 0.781 bits per heavy atom. The summed E-state index contributed by atoms with van der Waals surface area (Å²) in [6.07, 6.45) is 11.4. The second-order valence-electron chi connectivity index (χ2n) is 8.07. The number of aliphatic hydroxyl groups is 3. The Morgan fingerprint density at radius 3 is 1.66 bits per heavy atom. The maximum Gasteiger partial charge on any atom is 0.294 e. The molecular weight excluding hydrogens is 430 g/mol. The number of hydrogen-bond donors (Lipinski definition) is 4. The lowest BCUT2D eigenvalue weighted by atomic mass is 9.91. The molecule has 32 heavy (non-hydrogen) atoms. The minimum Gasteiger partial charge on any atom is -0.395 e. The SMILES string of the molecule is CCCCCCCCCC(CC)c1ccc(S(=O)(=O)O)cc1.OCCN(CCO)CCO. The van der Waals surface area contributed by atoms with E-state index in [0.29, 0.717) is 25.6 Å². The van der Waals surface area contributed by atoms with Crippen molar-refractivity contribution in [3.63, 3.8) is 0 Å². The number of aliphatic hydroxyl groups excluding tert-OH is 3. The van der Waals surface area contributed by atoms with Crippen LogP contribution in [0, 0.1) is 0 Å². The summed E-state index contributed by atoms with van der Waals surface area (Å²) in [5, 5.41) is 25.5. The molecule has 0 aliphatic rings. The molecule has 0 aromatic heterocycles. The number of unbranched alkanes of at least 4 members (excludes halogenated alkanes) is 6. The van der Waals surface area contributed by atoms with Crippen LogP contribution in [0.15, 0.2) is 29.2 Å². The second-order valence-corrected chi connectivity index (χ2v) is 9.49. The number of benzene rings is 1. The van der Waals surface area contributed by atoms with Gasteiger partial charge >= 0.3 is 0 Å². The van der Waals surface area contributed by atoms with Gasteiger partial charge in [0.15, 0.2) is 0 Å². The van der Waals surface area contributed by atoms with Crippen molar-refractivity contribution in [1.82, 2.24) is 4.90 Å². The average molecular weight is 476 g/mol. The molecule has 0 radical (unpaired) electrons. The molecule has 0 saturated heterocycles. The topological polar surface area (TPSA) is 118 Å². The molecule has 7 nitrogen and oxygen atoms in total. The Bertz CT molecular complexity index is 637. The minimum absolute atomic E-state index is 0.0259. The van der Waals surface area contributed by atoms with Crippen molar-refractivity contribution >= 4 is 10.1 Å². The summed E-state index contributed by atoms with van der Waals surface area (Å²) in [7, 11) is -4.08. The van der Waals surface area contributed by atoms with Crippen LogP contribution in [-0.2, 0) is 10.1 Å². The van der Waals surface area contributed by atoms with Crippen molar-refractivity contribution in [3.8, 4) is 0 Å². The zero-order valence-electron chi connectivity index (χ0n) is 20.0. The summed E-state index contributed by atoms with van der Waals surface area (Å²) >= 11 is 0. The molecule has 8 heteroatoms. The van der Waals surface area contributed by atoms with E-state index in [4.69, 9.17) is 19.9 Å². The zero-order valence-corrected chi connectivity index (χ0v) is 20.8. The number of nitrogens with zero attached hydrogens (tertiary/aromatic N) is 1. The molecule has 0 aliphatic carbocycles. The second kappa shape index (κ2) is 19.4. The van der Waals surface area contributed by atoms with Crippen LogP contribution < -0.4 is 0 Å². The van der Waals surface area contributed by atoms with Gasteiger partial charge in [-0.05, 0) is 36.5 Å². The molecule has 0 amide bonds. The van der Waals surface area contributed by atoms with E-state index in [2.05, 4.69) is 13.8 Å². The van der Waals surface area contributed by atoms with Crippen LogP contribution >= 0.6 is 0 Å². The Balaban J connectivity index is 0.000000809. The van der Waals surface area contributed by atoms with Crippen molar-refractivity contribution in [1.29, 1.82) is 0 Å². The quantitative estimate of drug-likeness (QED) is 0.200. The molecule has 1 rings (SSSR count). The standard InChI is InChI=1S/C18H30O3S.C6H15NO3/c1-3-5-6-7-8-9-10-11-16(4-2)17-12-14-18(15-13-17)22(19,20)21;8-4-1-7(2-5-9)3-6-10/h12-16H,3-11H2,1-2H3,(H,19,20,21);8-10H,1-6H2. The third-order valence-corrected chi connectivity index (χ3v) is 6.41. The Morgan fingerprint density at radius 2 is 1.25 bits per heavy atom. The molecule has 4 N–H and O–H groups in total. The molecule has 0 aliphatic heterocycles. The average Bonchev–Trinajstić information content (AvgIpc) is 2.76. The highest BCUT2D eigenvalue weighted by atomic mass is 32.2. The van der Waals surface area contributed by atoms with Gasteiger partial charge in [0.25, 0.3) is 10.1 Å². The van der Waals surface area contributed by atoms with E-state index in [0.717, 1.165) is 12.8 Å². The maximum atomic E-state index is 11.1. The van der Waals surface area contributed by atoms with Crippen molar-refractivity contribution in [2.75, 3.05) is 39.5 Å². The largest absolute Gasteiger partial charge is 0.395 e. The Labute approximate surface area is 195 Å². The van der Waals surface area contributed by atoms with Crippen LogP contribution in [-0.4, -0.2) is 72.6 Å². The van der Waals surface area contributed by atoms with E-state index in [1.165, 1.54) is 62.6 Å². The fraction of sp³-hybridized carbons (Fsp3) is 0.750. The summed E-state index contributed by atoms with van der Waals surface area (Å²) in [6, 6.07) is 6.66. The van der Waals surface area contributed by atoms with E-state index in [1.807, 2.05) is 12.1 Å². The van der Waals surface area contributed by atoms with Crippen LogP contribution in [0.1, 0.15) is 83.1 Å². The van der Waals surface area contributed by atoms with Gasteiger partial charge < -0.3 is 15.3 Å². The van der Waals surface area contributed by atoms with E-state index < -0.39 is 10.1 Å². The van der Waals surface area contributed by atoms with E-state index in [1.54, 1.807) is 4.90 Å². The highest BCUT2D eigenvalue weighted by molar-refractivity contribution is 7.85. The van der Waals surface area contributed by atoms with Crippen LogP contribution in [0.4, 0.5) is 0 Å². The van der Waals surface area contributed by atoms with E-state index >= 15 is 0 Å². The lowest BCUT2D eigenvalue weighted by molar-refractivity contribution is 0.136. The van der Waals surface area contributed by atoms with Gasteiger partial charge in [0.1, 0.15) is 0 Å². The van der Waals surface area contributed by atoms with Crippen molar-refractivity contribution in [2.45, 2.75) is 82.4 Å². The van der Waals surface area contributed by atoms with Crippen LogP contribution in [0.5, 0.6) is 0 Å². The lowest BCUT2D eigenvalue weighted by Crippen LogP contribution is -2.32. The smallest absolute Gasteiger partial charge is 0.294 e. The fourth-order valence-electron chi connectivity index (χ4n) is 3.63. The third-order valence-electron chi connectivity index (χ3n) is 5.55. The van der Waals surface area contributed by atoms with Gasteiger partial charge in [-0.3, -0.25) is 9.45 Å². The minimum atomic E-state index is -4.08. The zero-order chi connectivity index (χ0) is 24.2. The predicted molar refractivity (Wildman–Crippen MR) is 130 cm³/mol. The summed E-state index contributed by atoms with van der Waals surface area (Å²) in [5.74, 6) is 0.478. The first-order valence-corrected chi connectivity index (χ1v) is 13.4. The first-order valence-electron chi connectivity index (χ1n) is 12.0. The van der Waals surface area contributed by atoms with E-state index in [9.17, 15) is 8.42 Å². The van der Waals surface area contributed by atoms with Crippen LogP contribution in [0.3, 0.4) is 0 Å². The molecular formula is C24H45NO6S. The van der Waals surface area contributed by atoms with Gasteiger partial charge in [0, 0.05) is 19.6 Å². The summed E-state index contributed by atoms with van der Waals surface area (Å²) in [5.41, 5.74) is 1.17. The Hall–Kier alpha value is -1.03. The summed E-state index contributed by atoms with van der Waals surface area (Å²) < 4.78 is 31.1. The van der Waals surface area contributed by atoms with E-state index in [-0.39, 0.29) is 24.7 Å². The summed E-state index contributed by atoms with van der Waals surface area (Å²) in [4.78, 5) is 1.77. The van der Waals surface area contributed by atoms with Gasteiger partial charge in [0.2, 0.25) is 0 Å². The Kier molecular flexibility index (Phi) is 18.8.